The van der Waals surface area contributed by atoms with Crippen molar-refractivity contribution in [2.75, 3.05) is 11.5 Å². The molecule has 8 nitrogen and oxygen atoms in total. The van der Waals surface area contributed by atoms with Gasteiger partial charge in [-0.3, -0.25) is 19.7 Å². The minimum absolute atomic E-state index is 0.0164. The molecule has 0 radical (unpaired) electrons. The fraction of sp³-hybridized carbons (Fsp3) is 0.143. The summed E-state index contributed by atoms with van der Waals surface area (Å²) in [4.78, 5) is 37.7. The van der Waals surface area contributed by atoms with Crippen LogP contribution in [-0.2, 0) is 17.8 Å². The normalized spacial score (nSPS) is 14.2. The van der Waals surface area contributed by atoms with Crippen LogP contribution in [0.5, 0.6) is 11.5 Å². The second-order valence-electron chi connectivity index (χ2n) is 8.00. The maximum atomic E-state index is 13.0. The van der Waals surface area contributed by atoms with Crippen molar-refractivity contribution in [2.24, 2.45) is 0 Å². The van der Waals surface area contributed by atoms with Crippen LogP contribution in [0.25, 0.3) is 6.08 Å². The number of amides is 2. The van der Waals surface area contributed by atoms with E-state index < -0.39 is 10.8 Å². The van der Waals surface area contributed by atoms with Crippen molar-refractivity contribution >= 4 is 40.4 Å². The Morgan fingerprint density at radius 1 is 1.05 bits per heavy atom. The molecule has 4 rings (SSSR count). The van der Waals surface area contributed by atoms with Crippen molar-refractivity contribution < 1.29 is 24.0 Å². The van der Waals surface area contributed by atoms with E-state index in [0.29, 0.717) is 46.2 Å². The van der Waals surface area contributed by atoms with E-state index in [2.05, 4.69) is 6.58 Å². The summed E-state index contributed by atoms with van der Waals surface area (Å²) in [6.45, 7) is 6.13. The van der Waals surface area contributed by atoms with Crippen molar-refractivity contribution in [3.63, 3.8) is 0 Å². The van der Waals surface area contributed by atoms with E-state index in [0.717, 1.165) is 22.2 Å². The molecule has 1 aliphatic rings. The number of carbonyl (C=O) groups is 2. The topological polar surface area (TPSA) is 99.0 Å². The first-order chi connectivity index (χ1) is 17.9. The summed E-state index contributed by atoms with van der Waals surface area (Å²) in [6, 6.07) is 18.6. The van der Waals surface area contributed by atoms with Crippen LogP contribution in [0.4, 0.5) is 16.2 Å². The zero-order valence-electron chi connectivity index (χ0n) is 20.1. The number of thioether (sulfide) groups is 1. The molecule has 0 bridgehead atoms. The second kappa shape index (κ2) is 11.6. The fourth-order valence-electron chi connectivity index (χ4n) is 3.83. The molecular weight excluding hydrogens is 492 g/mol. The Bertz CT molecular complexity index is 1390. The highest BCUT2D eigenvalue weighted by Gasteiger charge is 2.36. The predicted molar refractivity (Wildman–Crippen MR) is 144 cm³/mol. The first-order valence-corrected chi connectivity index (χ1v) is 12.3. The number of nitrogens with zero attached hydrogens (tertiary/aromatic N) is 2. The maximum Gasteiger partial charge on any atom is 0.298 e. The van der Waals surface area contributed by atoms with Gasteiger partial charge in [0, 0.05) is 17.7 Å². The molecular formula is C28H24N2O6S. The quantitative estimate of drug-likeness (QED) is 0.131. The fourth-order valence-corrected chi connectivity index (χ4v) is 4.68. The van der Waals surface area contributed by atoms with Gasteiger partial charge in [-0.25, -0.2) is 4.90 Å². The lowest BCUT2D eigenvalue weighted by atomic mass is 10.0. The number of carbonyl (C=O) groups excluding carboxylic acids is 2. The van der Waals surface area contributed by atoms with Crippen LogP contribution in [-0.4, -0.2) is 22.7 Å². The molecule has 188 valence electrons. The number of nitro benzene ring substituents is 1. The number of allylic oxidation sites excluding steroid dienone is 1. The molecule has 0 aromatic heterocycles. The Morgan fingerprint density at radius 3 is 2.54 bits per heavy atom. The van der Waals surface area contributed by atoms with Crippen LogP contribution < -0.4 is 14.4 Å². The Kier molecular flexibility index (Phi) is 8.05. The first-order valence-electron chi connectivity index (χ1n) is 11.5. The number of nitro groups is 1. The molecule has 1 aliphatic heterocycles. The lowest BCUT2D eigenvalue weighted by molar-refractivity contribution is -0.384. The number of rotatable bonds is 10. The first kappa shape index (κ1) is 25.7. The second-order valence-corrected chi connectivity index (χ2v) is 8.99. The van der Waals surface area contributed by atoms with Crippen LogP contribution in [0.3, 0.4) is 0 Å². The van der Waals surface area contributed by atoms with Gasteiger partial charge in [-0.15, -0.1) is 6.58 Å². The van der Waals surface area contributed by atoms with Crippen LogP contribution in [0, 0.1) is 10.1 Å². The van der Waals surface area contributed by atoms with Crippen molar-refractivity contribution in [2.45, 2.75) is 20.0 Å². The lowest BCUT2D eigenvalue weighted by Gasteiger charge is -2.17. The van der Waals surface area contributed by atoms with Gasteiger partial charge < -0.3 is 9.47 Å². The third-order valence-electron chi connectivity index (χ3n) is 5.43. The summed E-state index contributed by atoms with van der Waals surface area (Å²) in [5, 5.41) is 10.7. The Hall–Kier alpha value is -4.37. The van der Waals surface area contributed by atoms with E-state index in [1.54, 1.807) is 54.6 Å². The smallest absolute Gasteiger partial charge is 0.298 e. The third-order valence-corrected chi connectivity index (χ3v) is 6.30. The molecule has 3 aromatic carbocycles. The predicted octanol–water partition coefficient (Wildman–Crippen LogP) is 6.54. The molecule has 37 heavy (non-hydrogen) atoms. The number of hydrogen-bond acceptors (Lipinski definition) is 7. The van der Waals surface area contributed by atoms with Gasteiger partial charge in [0.15, 0.2) is 11.5 Å². The molecule has 0 unspecified atom stereocenters. The van der Waals surface area contributed by atoms with E-state index in [9.17, 15) is 19.7 Å². The van der Waals surface area contributed by atoms with Gasteiger partial charge in [0.1, 0.15) is 6.61 Å². The van der Waals surface area contributed by atoms with Crippen molar-refractivity contribution in [3.05, 3.63) is 111 Å². The largest absolute Gasteiger partial charge is 0.490 e. The van der Waals surface area contributed by atoms with E-state index in [1.807, 2.05) is 19.1 Å². The number of benzene rings is 3. The summed E-state index contributed by atoms with van der Waals surface area (Å²) >= 11 is 0.877. The summed E-state index contributed by atoms with van der Waals surface area (Å²) in [6.07, 6.45) is 3.84. The van der Waals surface area contributed by atoms with Crippen LogP contribution in [0.15, 0.2) is 84.3 Å². The molecule has 0 spiro atoms. The SMILES string of the molecule is C=CCc1cc(/C=C2\SC(=O)N(c3ccccc3)C2=O)cc(OCC)c1OCc1cccc([N+](=O)[O-])c1. The highest BCUT2D eigenvalue weighted by Crippen LogP contribution is 2.39. The molecule has 0 saturated carbocycles. The van der Waals surface area contributed by atoms with Gasteiger partial charge in [-0.1, -0.05) is 36.4 Å². The minimum Gasteiger partial charge on any atom is -0.490 e. The molecule has 0 aliphatic carbocycles. The highest BCUT2D eigenvalue weighted by molar-refractivity contribution is 8.19. The van der Waals surface area contributed by atoms with Crippen molar-refractivity contribution in [1.29, 1.82) is 0 Å². The number of imide groups is 1. The summed E-state index contributed by atoms with van der Waals surface area (Å²) in [5.74, 6) is 0.555. The summed E-state index contributed by atoms with van der Waals surface area (Å²) in [7, 11) is 0. The average Bonchev–Trinajstić information content (AvgIpc) is 3.16. The van der Waals surface area contributed by atoms with E-state index in [4.69, 9.17) is 9.47 Å². The van der Waals surface area contributed by atoms with Gasteiger partial charge >= 0.3 is 0 Å². The number of para-hydroxylation sites is 1. The zero-order valence-corrected chi connectivity index (χ0v) is 20.9. The molecule has 2 amide bonds. The van der Waals surface area contributed by atoms with E-state index >= 15 is 0 Å². The lowest BCUT2D eigenvalue weighted by Crippen LogP contribution is -2.27. The van der Waals surface area contributed by atoms with Crippen LogP contribution >= 0.6 is 11.8 Å². The molecule has 3 aromatic rings. The molecule has 0 N–H and O–H groups in total. The summed E-state index contributed by atoms with van der Waals surface area (Å²) < 4.78 is 11.9. The molecule has 1 heterocycles. The Balaban J connectivity index is 1.65. The van der Waals surface area contributed by atoms with E-state index in [-0.39, 0.29) is 17.5 Å². The number of non-ortho nitro benzene ring substituents is 1. The van der Waals surface area contributed by atoms with Gasteiger partial charge in [-0.05, 0) is 66.6 Å². The average molecular weight is 517 g/mol. The minimum atomic E-state index is -0.452. The van der Waals surface area contributed by atoms with Gasteiger partial charge in [0.2, 0.25) is 0 Å². The maximum absolute atomic E-state index is 13.0. The van der Waals surface area contributed by atoms with Gasteiger partial charge in [0.05, 0.1) is 22.1 Å². The molecule has 0 atom stereocenters. The molecule has 9 heteroatoms. The Labute approximate surface area is 218 Å². The van der Waals surface area contributed by atoms with Crippen molar-refractivity contribution in [1.82, 2.24) is 0 Å². The highest BCUT2D eigenvalue weighted by atomic mass is 32.2. The third kappa shape index (κ3) is 5.90. The Morgan fingerprint density at radius 2 is 1.84 bits per heavy atom. The van der Waals surface area contributed by atoms with Crippen LogP contribution in [0.1, 0.15) is 23.6 Å². The van der Waals surface area contributed by atoms with Gasteiger partial charge in [-0.2, -0.15) is 0 Å². The standard InChI is InChI=1S/C28H24N2O6S/c1-3-9-21-14-20(17-25-27(31)29(28(32)37-25)22-11-6-5-7-12-22)16-24(35-4-2)26(21)36-18-19-10-8-13-23(15-19)30(33)34/h3,5-8,10-17H,1,4,9,18H2,2H3/b25-17-. The zero-order chi connectivity index (χ0) is 26.4. The molecule has 1 fully saturated rings. The number of anilines is 1. The number of hydrogen-bond donors (Lipinski definition) is 0. The summed E-state index contributed by atoms with van der Waals surface area (Å²) in [5.41, 5.74) is 2.57. The monoisotopic (exact) mass is 516 g/mol. The molecule has 1 saturated heterocycles. The van der Waals surface area contributed by atoms with Crippen molar-refractivity contribution in [3.8, 4) is 11.5 Å². The number of ether oxygens (including phenoxy) is 2. The van der Waals surface area contributed by atoms with Gasteiger partial charge in [0.25, 0.3) is 16.8 Å². The van der Waals surface area contributed by atoms with E-state index in [1.165, 1.54) is 12.1 Å². The van der Waals surface area contributed by atoms with Crippen LogP contribution in [0.2, 0.25) is 0 Å².